The molecule has 0 atom stereocenters. The number of carbonyl (C=O) groups excluding carboxylic acids is 1. The van der Waals surface area contributed by atoms with E-state index in [2.05, 4.69) is 13.8 Å². The van der Waals surface area contributed by atoms with Gasteiger partial charge in [0.15, 0.2) is 0 Å². The molecule has 2 N–H and O–H groups in total. The first-order valence-electron chi connectivity index (χ1n) is 7.66. The fourth-order valence-corrected chi connectivity index (χ4v) is 3.18. The van der Waals surface area contributed by atoms with Gasteiger partial charge in [0.1, 0.15) is 4.99 Å². The van der Waals surface area contributed by atoms with E-state index in [9.17, 15) is 4.79 Å². The van der Waals surface area contributed by atoms with Crippen molar-refractivity contribution in [2.24, 2.45) is 11.1 Å². The Kier molecular flexibility index (Phi) is 4.99. The van der Waals surface area contributed by atoms with Crippen LogP contribution in [0, 0.1) is 5.41 Å². The Hall–Kier alpha value is -1.42. The maximum absolute atomic E-state index is 12.4. The zero-order chi connectivity index (χ0) is 15.5. The van der Waals surface area contributed by atoms with Crippen molar-refractivity contribution < 1.29 is 4.79 Å². The number of hydrogen-bond donors (Lipinski definition) is 1. The minimum absolute atomic E-state index is 0.224. The molecule has 1 fully saturated rings. The Morgan fingerprint density at radius 1 is 1.29 bits per heavy atom. The van der Waals surface area contributed by atoms with Crippen molar-refractivity contribution in [1.82, 2.24) is 4.90 Å². The summed E-state index contributed by atoms with van der Waals surface area (Å²) < 4.78 is 0. The molecule has 0 saturated carbocycles. The van der Waals surface area contributed by atoms with Crippen molar-refractivity contribution in [3.05, 3.63) is 35.4 Å². The Labute approximate surface area is 132 Å². The molecule has 0 radical (unpaired) electrons. The average Bonchev–Trinajstić information content (AvgIpc) is 2.93. The standard InChI is InChI=1S/C17H24N2OS/c1-3-17(4-2)9-10-19(12-17)15(20)11-13-5-7-14(8-6-13)16(18)21/h5-8H,3-4,9-12H2,1-2H3,(H2,18,21). The van der Waals surface area contributed by atoms with E-state index in [1.54, 1.807) is 0 Å². The number of nitrogens with two attached hydrogens (primary N) is 1. The SMILES string of the molecule is CCC1(CC)CCN(C(=O)Cc2ccc(C(N)=S)cc2)C1. The van der Waals surface area contributed by atoms with Gasteiger partial charge in [0.25, 0.3) is 0 Å². The van der Waals surface area contributed by atoms with Crippen LogP contribution in [0.3, 0.4) is 0 Å². The van der Waals surface area contributed by atoms with E-state index in [0.29, 0.717) is 16.8 Å². The Bertz CT molecular complexity index is 520. The van der Waals surface area contributed by atoms with Crippen LogP contribution in [0.2, 0.25) is 0 Å². The molecule has 0 aromatic heterocycles. The summed E-state index contributed by atoms with van der Waals surface area (Å²) in [5.74, 6) is 0.224. The van der Waals surface area contributed by atoms with Gasteiger partial charge in [0.2, 0.25) is 5.91 Å². The van der Waals surface area contributed by atoms with Crippen LogP contribution >= 0.6 is 12.2 Å². The first kappa shape index (κ1) is 16.0. The smallest absolute Gasteiger partial charge is 0.227 e. The summed E-state index contributed by atoms with van der Waals surface area (Å²) in [5, 5.41) is 0. The lowest BCUT2D eigenvalue weighted by molar-refractivity contribution is -0.129. The van der Waals surface area contributed by atoms with Crippen LogP contribution in [-0.2, 0) is 11.2 Å². The van der Waals surface area contributed by atoms with Crippen molar-refractivity contribution in [2.45, 2.75) is 39.5 Å². The second kappa shape index (κ2) is 6.56. The largest absolute Gasteiger partial charge is 0.389 e. The van der Waals surface area contributed by atoms with Gasteiger partial charge in [-0.2, -0.15) is 0 Å². The number of hydrogen-bond acceptors (Lipinski definition) is 2. The molecular weight excluding hydrogens is 280 g/mol. The van der Waals surface area contributed by atoms with Crippen molar-refractivity contribution in [1.29, 1.82) is 0 Å². The summed E-state index contributed by atoms with van der Waals surface area (Å²) in [4.78, 5) is 14.8. The molecule has 1 saturated heterocycles. The van der Waals surface area contributed by atoms with E-state index in [4.69, 9.17) is 18.0 Å². The molecule has 0 spiro atoms. The lowest BCUT2D eigenvalue weighted by Crippen LogP contribution is -2.32. The molecule has 2 rings (SSSR count). The highest BCUT2D eigenvalue weighted by atomic mass is 32.1. The zero-order valence-corrected chi connectivity index (χ0v) is 13.7. The molecule has 0 bridgehead atoms. The maximum Gasteiger partial charge on any atom is 0.227 e. The monoisotopic (exact) mass is 304 g/mol. The third-order valence-corrected chi connectivity index (χ3v) is 5.12. The van der Waals surface area contributed by atoms with E-state index in [0.717, 1.165) is 43.5 Å². The topological polar surface area (TPSA) is 46.3 Å². The fourth-order valence-electron chi connectivity index (χ4n) is 3.05. The van der Waals surface area contributed by atoms with Gasteiger partial charge in [0.05, 0.1) is 6.42 Å². The molecule has 1 amide bonds. The summed E-state index contributed by atoms with van der Waals surface area (Å²) in [6.45, 7) is 6.26. The second-order valence-electron chi connectivity index (χ2n) is 6.01. The van der Waals surface area contributed by atoms with E-state index >= 15 is 0 Å². The minimum atomic E-state index is 0.224. The maximum atomic E-state index is 12.4. The summed E-state index contributed by atoms with van der Waals surface area (Å²) >= 11 is 4.93. The predicted molar refractivity (Wildman–Crippen MR) is 90.2 cm³/mol. The van der Waals surface area contributed by atoms with E-state index in [1.807, 2.05) is 29.2 Å². The number of carbonyl (C=O) groups is 1. The number of likely N-dealkylation sites (tertiary alicyclic amines) is 1. The van der Waals surface area contributed by atoms with Gasteiger partial charge in [-0.15, -0.1) is 0 Å². The van der Waals surface area contributed by atoms with Crippen LogP contribution in [0.15, 0.2) is 24.3 Å². The molecule has 1 aliphatic heterocycles. The predicted octanol–water partition coefficient (Wildman–Crippen LogP) is 2.90. The summed E-state index contributed by atoms with van der Waals surface area (Å²) in [5.41, 5.74) is 7.78. The van der Waals surface area contributed by atoms with Crippen LogP contribution < -0.4 is 5.73 Å². The number of rotatable bonds is 5. The highest BCUT2D eigenvalue weighted by molar-refractivity contribution is 7.80. The minimum Gasteiger partial charge on any atom is -0.389 e. The highest BCUT2D eigenvalue weighted by Gasteiger charge is 2.36. The third-order valence-electron chi connectivity index (χ3n) is 4.88. The molecule has 1 aromatic rings. The molecule has 114 valence electrons. The first-order valence-corrected chi connectivity index (χ1v) is 8.07. The van der Waals surface area contributed by atoms with Gasteiger partial charge in [-0.05, 0) is 30.2 Å². The molecular formula is C17H24N2OS. The molecule has 3 nitrogen and oxygen atoms in total. The van der Waals surface area contributed by atoms with Crippen molar-refractivity contribution in [3.63, 3.8) is 0 Å². The van der Waals surface area contributed by atoms with Crippen LogP contribution in [0.25, 0.3) is 0 Å². The molecule has 1 heterocycles. The fraction of sp³-hybridized carbons (Fsp3) is 0.529. The molecule has 21 heavy (non-hydrogen) atoms. The molecule has 4 heteroatoms. The van der Waals surface area contributed by atoms with Crippen molar-refractivity contribution >= 4 is 23.1 Å². The number of thiocarbonyl (C=S) groups is 1. The second-order valence-corrected chi connectivity index (χ2v) is 6.45. The van der Waals surface area contributed by atoms with Gasteiger partial charge in [0, 0.05) is 18.7 Å². The van der Waals surface area contributed by atoms with Crippen molar-refractivity contribution in [3.8, 4) is 0 Å². The number of nitrogens with zero attached hydrogens (tertiary/aromatic N) is 1. The van der Waals surface area contributed by atoms with Gasteiger partial charge >= 0.3 is 0 Å². The van der Waals surface area contributed by atoms with Gasteiger partial charge in [-0.25, -0.2) is 0 Å². The molecule has 1 aliphatic rings. The van der Waals surface area contributed by atoms with E-state index < -0.39 is 0 Å². The number of amides is 1. The third kappa shape index (κ3) is 3.62. The van der Waals surface area contributed by atoms with Crippen LogP contribution in [0.4, 0.5) is 0 Å². The highest BCUT2D eigenvalue weighted by Crippen LogP contribution is 2.37. The quantitative estimate of drug-likeness (QED) is 0.851. The molecule has 0 aliphatic carbocycles. The lowest BCUT2D eigenvalue weighted by Gasteiger charge is -2.26. The molecule has 1 aromatic carbocycles. The summed E-state index contributed by atoms with van der Waals surface area (Å²) in [7, 11) is 0. The summed E-state index contributed by atoms with van der Waals surface area (Å²) in [6.07, 6.45) is 3.89. The molecule has 0 unspecified atom stereocenters. The normalized spacial score (nSPS) is 17.0. The first-order chi connectivity index (χ1) is 9.99. The van der Waals surface area contributed by atoms with Gasteiger partial charge < -0.3 is 10.6 Å². The Morgan fingerprint density at radius 3 is 2.38 bits per heavy atom. The lowest BCUT2D eigenvalue weighted by atomic mass is 9.82. The van der Waals surface area contributed by atoms with Crippen LogP contribution in [-0.4, -0.2) is 28.9 Å². The van der Waals surface area contributed by atoms with Gasteiger partial charge in [-0.1, -0.05) is 50.3 Å². The number of benzene rings is 1. The van der Waals surface area contributed by atoms with E-state index in [1.165, 1.54) is 0 Å². The van der Waals surface area contributed by atoms with E-state index in [-0.39, 0.29) is 5.91 Å². The average molecular weight is 304 g/mol. The van der Waals surface area contributed by atoms with Crippen molar-refractivity contribution in [2.75, 3.05) is 13.1 Å². The Morgan fingerprint density at radius 2 is 1.90 bits per heavy atom. The van der Waals surface area contributed by atoms with Gasteiger partial charge in [-0.3, -0.25) is 4.79 Å². The summed E-state index contributed by atoms with van der Waals surface area (Å²) in [6, 6.07) is 7.65. The van der Waals surface area contributed by atoms with Crippen LogP contribution in [0.5, 0.6) is 0 Å². The van der Waals surface area contributed by atoms with Crippen LogP contribution in [0.1, 0.15) is 44.2 Å². The zero-order valence-electron chi connectivity index (χ0n) is 12.9. The Balaban J connectivity index is 1.97.